The highest BCUT2D eigenvalue weighted by Crippen LogP contribution is 2.20. The van der Waals surface area contributed by atoms with E-state index >= 15 is 0 Å². The van der Waals surface area contributed by atoms with Crippen LogP contribution in [0.5, 0.6) is 0 Å². The van der Waals surface area contributed by atoms with Crippen molar-refractivity contribution in [3.8, 4) is 11.3 Å². The average Bonchev–Trinajstić information content (AvgIpc) is 3.03. The zero-order valence-electron chi connectivity index (χ0n) is 12.2. The lowest BCUT2D eigenvalue weighted by molar-refractivity contribution is 0.0951. The summed E-state index contributed by atoms with van der Waals surface area (Å²) >= 11 is 0. The van der Waals surface area contributed by atoms with Gasteiger partial charge in [0.2, 0.25) is 0 Å². The number of H-pyrrole nitrogens is 1. The SMILES string of the molecule is Cc1cccc(CNC(=O)c2cn[nH]c2-c2ccccc2)n1. The van der Waals surface area contributed by atoms with Gasteiger partial charge in [-0.3, -0.25) is 14.9 Å². The standard InChI is InChI=1S/C17H16N4O/c1-12-6-5-9-14(20-12)10-18-17(22)15-11-19-21-16(15)13-7-3-2-4-8-13/h2-9,11H,10H2,1H3,(H,18,22)(H,19,21). The predicted octanol–water partition coefficient (Wildman–Crippen LogP) is 2.71. The molecule has 5 nitrogen and oxygen atoms in total. The Bertz CT molecular complexity index is 780. The molecule has 0 aliphatic rings. The third-order valence-corrected chi connectivity index (χ3v) is 3.32. The second kappa shape index (κ2) is 6.22. The maximum absolute atomic E-state index is 12.4. The van der Waals surface area contributed by atoms with E-state index in [2.05, 4.69) is 20.5 Å². The highest BCUT2D eigenvalue weighted by Gasteiger charge is 2.14. The summed E-state index contributed by atoms with van der Waals surface area (Å²) in [6.45, 7) is 2.31. The number of hydrogen-bond donors (Lipinski definition) is 2. The number of rotatable bonds is 4. The Hall–Kier alpha value is -2.95. The molecule has 3 aromatic rings. The highest BCUT2D eigenvalue weighted by atomic mass is 16.1. The van der Waals surface area contributed by atoms with Crippen LogP contribution < -0.4 is 5.32 Å². The maximum atomic E-state index is 12.4. The minimum absolute atomic E-state index is 0.170. The molecular weight excluding hydrogens is 276 g/mol. The lowest BCUT2D eigenvalue weighted by Crippen LogP contribution is -2.23. The summed E-state index contributed by atoms with van der Waals surface area (Å²) in [7, 11) is 0. The van der Waals surface area contributed by atoms with Crippen molar-refractivity contribution >= 4 is 5.91 Å². The summed E-state index contributed by atoms with van der Waals surface area (Å²) in [4.78, 5) is 16.7. The first-order chi connectivity index (χ1) is 10.7. The lowest BCUT2D eigenvalue weighted by Gasteiger charge is -2.06. The van der Waals surface area contributed by atoms with Gasteiger partial charge in [0.05, 0.1) is 29.7 Å². The first-order valence-corrected chi connectivity index (χ1v) is 7.03. The molecule has 22 heavy (non-hydrogen) atoms. The smallest absolute Gasteiger partial charge is 0.255 e. The summed E-state index contributed by atoms with van der Waals surface area (Å²) in [5.74, 6) is -0.170. The number of nitrogens with zero attached hydrogens (tertiary/aromatic N) is 2. The van der Waals surface area contributed by atoms with Gasteiger partial charge in [-0.25, -0.2) is 0 Å². The van der Waals surface area contributed by atoms with Crippen LogP contribution in [0.3, 0.4) is 0 Å². The number of aryl methyl sites for hydroxylation is 1. The number of hydrogen-bond acceptors (Lipinski definition) is 3. The molecule has 2 heterocycles. The fourth-order valence-corrected chi connectivity index (χ4v) is 2.25. The normalized spacial score (nSPS) is 10.4. The summed E-state index contributed by atoms with van der Waals surface area (Å²) in [5, 5.41) is 9.75. The van der Waals surface area contributed by atoms with Gasteiger partial charge in [-0.1, -0.05) is 36.4 Å². The molecule has 0 fully saturated rings. The molecule has 2 aromatic heterocycles. The Kier molecular flexibility index (Phi) is 3.96. The van der Waals surface area contributed by atoms with Crippen LogP contribution in [0.1, 0.15) is 21.7 Å². The Morgan fingerprint density at radius 2 is 1.95 bits per heavy atom. The molecule has 0 radical (unpaired) electrons. The predicted molar refractivity (Wildman–Crippen MR) is 84.2 cm³/mol. The summed E-state index contributed by atoms with van der Waals surface area (Å²) in [5.41, 5.74) is 3.94. The number of benzene rings is 1. The largest absolute Gasteiger partial charge is 0.346 e. The molecule has 1 aromatic carbocycles. The van der Waals surface area contributed by atoms with Gasteiger partial charge < -0.3 is 5.32 Å². The van der Waals surface area contributed by atoms with Crippen molar-refractivity contribution < 1.29 is 4.79 Å². The number of nitrogens with one attached hydrogen (secondary N) is 2. The molecule has 0 bridgehead atoms. The quantitative estimate of drug-likeness (QED) is 0.776. The van der Waals surface area contributed by atoms with Crippen LogP contribution in [0.4, 0.5) is 0 Å². The second-order valence-electron chi connectivity index (χ2n) is 4.98. The second-order valence-corrected chi connectivity index (χ2v) is 4.98. The lowest BCUT2D eigenvalue weighted by atomic mass is 10.1. The summed E-state index contributed by atoms with van der Waals surface area (Å²) < 4.78 is 0. The van der Waals surface area contributed by atoms with Crippen molar-refractivity contribution in [2.45, 2.75) is 13.5 Å². The summed E-state index contributed by atoms with van der Waals surface area (Å²) in [6.07, 6.45) is 1.54. The fourth-order valence-electron chi connectivity index (χ4n) is 2.25. The van der Waals surface area contributed by atoms with Gasteiger partial charge in [0.1, 0.15) is 0 Å². The molecule has 0 aliphatic heterocycles. The molecular formula is C17H16N4O. The van der Waals surface area contributed by atoms with Gasteiger partial charge in [-0.2, -0.15) is 5.10 Å². The maximum Gasteiger partial charge on any atom is 0.255 e. The number of amides is 1. The monoisotopic (exact) mass is 292 g/mol. The first kappa shape index (κ1) is 14.0. The van der Waals surface area contributed by atoms with Crippen LogP contribution in [-0.4, -0.2) is 21.1 Å². The van der Waals surface area contributed by atoms with Crippen LogP contribution >= 0.6 is 0 Å². The van der Waals surface area contributed by atoms with E-state index in [1.807, 2.05) is 55.5 Å². The van der Waals surface area contributed by atoms with E-state index in [9.17, 15) is 4.79 Å². The van der Waals surface area contributed by atoms with Crippen molar-refractivity contribution in [1.82, 2.24) is 20.5 Å². The number of carbonyl (C=O) groups is 1. The Labute approximate surface area is 128 Å². The molecule has 1 amide bonds. The van der Waals surface area contributed by atoms with Crippen molar-refractivity contribution in [2.24, 2.45) is 0 Å². The fraction of sp³-hybridized carbons (Fsp3) is 0.118. The minimum Gasteiger partial charge on any atom is -0.346 e. The van der Waals surface area contributed by atoms with Crippen molar-refractivity contribution in [3.63, 3.8) is 0 Å². The van der Waals surface area contributed by atoms with Crippen molar-refractivity contribution in [3.05, 3.63) is 71.7 Å². The highest BCUT2D eigenvalue weighted by molar-refractivity contribution is 5.99. The van der Waals surface area contributed by atoms with Crippen LogP contribution in [0.15, 0.2) is 54.7 Å². The molecule has 0 aliphatic carbocycles. The minimum atomic E-state index is -0.170. The molecule has 0 atom stereocenters. The number of aromatic amines is 1. The van der Waals surface area contributed by atoms with Crippen LogP contribution in [0.2, 0.25) is 0 Å². The van der Waals surface area contributed by atoms with Crippen molar-refractivity contribution in [2.75, 3.05) is 0 Å². The van der Waals surface area contributed by atoms with E-state index in [0.717, 1.165) is 22.6 Å². The zero-order chi connectivity index (χ0) is 15.4. The van der Waals surface area contributed by atoms with Gasteiger partial charge in [-0.05, 0) is 19.1 Å². The topological polar surface area (TPSA) is 70.7 Å². The Balaban J connectivity index is 1.75. The average molecular weight is 292 g/mol. The van der Waals surface area contributed by atoms with E-state index in [1.54, 1.807) is 6.20 Å². The number of aromatic nitrogens is 3. The number of pyridine rings is 1. The molecule has 3 rings (SSSR count). The Morgan fingerprint density at radius 1 is 1.14 bits per heavy atom. The summed E-state index contributed by atoms with van der Waals surface area (Å²) in [6, 6.07) is 15.4. The van der Waals surface area contributed by atoms with Gasteiger partial charge in [-0.15, -0.1) is 0 Å². The van der Waals surface area contributed by atoms with Crippen LogP contribution in [0, 0.1) is 6.92 Å². The van der Waals surface area contributed by atoms with E-state index in [-0.39, 0.29) is 5.91 Å². The van der Waals surface area contributed by atoms with Crippen LogP contribution in [0.25, 0.3) is 11.3 Å². The first-order valence-electron chi connectivity index (χ1n) is 7.03. The molecule has 0 saturated heterocycles. The molecule has 0 unspecified atom stereocenters. The van der Waals surface area contributed by atoms with E-state index in [4.69, 9.17) is 0 Å². The van der Waals surface area contributed by atoms with Crippen molar-refractivity contribution in [1.29, 1.82) is 0 Å². The molecule has 0 saturated carbocycles. The van der Waals surface area contributed by atoms with Gasteiger partial charge in [0.25, 0.3) is 5.91 Å². The van der Waals surface area contributed by atoms with Gasteiger partial charge in [0, 0.05) is 11.3 Å². The molecule has 2 N–H and O–H groups in total. The van der Waals surface area contributed by atoms with Gasteiger partial charge >= 0.3 is 0 Å². The molecule has 0 spiro atoms. The van der Waals surface area contributed by atoms with E-state index in [0.29, 0.717) is 12.1 Å². The third kappa shape index (κ3) is 3.03. The van der Waals surface area contributed by atoms with Crippen LogP contribution in [-0.2, 0) is 6.54 Å². The Morgan fingerprint density at radius 3 is 2.73 bits per heavy atom. The number of carbonyl (C=O) groups excluding carboxylic acids is 1. The molecule has 5 heteroatoms. The van der Waals surface area contributed by atoms with E-state index in [1.165, 1.54) is 0 Å². The molecule has 110 valence electrons. The third-order valence-electron chi connectivity index (χ3n) is 3.32. The van der Waals surface area contributed by atoms with E-state index < -0.39 is 0 Å². The zero-order valence-corrected chi connectivity index (χ0v) is 12.2. The van der Waals surface area contributed by atoms with Gasteiger partial charge in [0.15, 0.2) is 0 Å².